The molecule has 0 unspecified atom stereocenters. The van der Waals surface area contributed by atoms with Gasteiger partial charge in [-0.2, -0.15) is 33.2 Å². The van der Waals surface area contributed by atoms with Crippen LogP contribution in [-0.4, -0.2) is 97.4 Å². The van der Waals surface area contributed by atoms with Crippen molar-refractivity contribution in [1.29, 1.82) is 0 Å². The van der Waals surface area contributed by atoms with Gasteiger partial charge < -0.3 is 20.5 Å². The monoisotopic (exact) mass is 1300 g/mol. The number of rotatable bonds is 11. The van der Waals surface area contributed by atoms with Crippen molar-refractivity contribution in [2.45, 2.75) is 132 Å². The Morgan fingerprint density at radius 3 is 1.39 bits per heavy atom. The van der Waals surface area contributed by atoms with E-state index in [1.54, 1.807) is 0 Å². The maximum Gasteiger partial charge on any atom is 1.00 e. The summed E-state index contributed by atoms with van der Waals surface area (Å²) in [5, 5.41) is 8.76. The molecule has 5 aliphatic rings. The zero-order valence-corrected chi connectivity index (χ0v) is 55.9. The van der Waals surface area contributed by atoms with Crippen LogP contribution in [0.15, 0.2) is 77.7 Å². The van der Waals surface area contributed by atoms with E-state index < -0.39 is 35.6 Å². The van der Waals surface area contributed by atoms with Crippen LogP contribution in [0.25, 0.3) is 56.5 Å². The third-order valence-corrected chi connectivity index (χ3v) is 16.4. The van der Waals surface area contributed by atoms with Crippen LogP contribution in [0.3, 0.4) is 0 Å². The first-order valence-corrected chi connectivity index (χ1v) is 31.9. The topological polar surface area (TPSA) is 299 Å². The van der Waals surface area contributed by atoms with Crippen molar-refractivity contribution in [2.24, 2.45) is 28.2 Å². The number of hydrogen-bond acceptors (Lipinski definition) is 18. The van der Waals surface area contributed by atoms with E-state index >= 15 is 0 Å². The number of benzene rings is 3. The van der Waals surface area contributed by atoms with Gasteiger partial charge in [-0.3, -0.25) is 9.13 Å². The fraction of sp³-hybridized carbons (Fsp3) is 0.426. The minimum atomic E-state index is -4.64. The van der Waals surface area contributed by atoms with Crippen LogP contribution in [0.5, 0.6) is 0 Å². The van der Waals surface area contributed by atoms with Crippen LogP contribution in [0.1, 0.15) is 134 Å². The summed E-state index contributed by atoms with van der Waals surface area (Å²) in [6, 6.07) is 24.5. The Kier molecular flexibility index (Phi) is 29.5. The molecule has 0 fully saturated rings. The van der Waals surface area contributed by atoms with Crippen LogP contribution in [0.4, 0.5) is 23.5 Å². The normalized spacial score (nSPS) is 13.2. The Labute approximate surface area is 570 Å². The fourth-order valence-corrected chi connectivity index (χ4v) is 12.1. The van der Waals surface area contributed by atoms with Crippen molar-refractivity contribution >= 4 is 88.0 Å². The first-order chi connectivity index (χ1) is 39.8. The van der Waals surface area contributed by atoms with E-state index in [1.807, 2.05) is 44.2 Å². The summed E-state index contributed by atoms with van der Waals surface area (Å²) in [5.41, 5.74) is 15.9. The molecule has 8 bridgehead atoms. The average molecular weight is 1300 g/mol. The van der Waals surface area contributed by atoms with Gasteiger partial charge in [-0.1, -0.05) is 117 Å². The summed E-state index contributed by atoms with van der Waals surface area (Å²) in [7, 11) is -2.46. The van der Waals surface area contributed by atoms with Gasteiger partial charge in [0.2, 0.25) is 50.5 Å². The fourth-order valence-electron chi connectivity index (χ4n) is 11.1. The van der Waals surface area contributed by atoms with Gasteiger partial charge in [-0.25, -0.2) is 30.7 Å². The summed E-state index contributed by atoms with van der Waals surface area (Å²) < 4.78 is 92.9. The van der Waals surface area contributed by atoms with Crippen LogP contribution in [-0.2, 0) is 91.2 Å². The smallest absolute Gasteiger partial charge is 0.746 e. The predicted octanol–water partition coefficient (Wildman–Crippen LogP) is 2.82. The van der Waals surface area contributed by atoms with Crippen LogP contribution < -0.4 is 88.9 Å². The maximum atomic E-state index is 11.3. The SMILES string of the molecule is C.C.C.C.CC.CS(=O)(=O)NCCNc1nc(NCc2ccccc2)nc(Nc2[c-]ccc(S(=O)(=O)[O-])c2)n1.Cn1c2nc3[n+](C)c(nc4c5c(c(nc6[n+](C)c(nc1c1c2CCCC1)-c1ccccc1-6)n4C)CCCC5)C1=C3CCCC1.O=S(=O)=O.[Na+].[Na+]. The van der Waals surface area contributed by atoms with E-state index in [1.165, 1.54) is 78.0 Å². The van der Waals surface area contributed by atoms with Crippen molar-refractivity contribution in [1.82, 2.24) is 48.7 Å². The standard InChI is InChI=1S/C36H40N8.C19H22N7O5S2.C2H6.4CH4.2Na.O3S/c1-41-29-21-13-5-6-14-22(21)30(41)38-32-24-16-8-10-18-26(24)34(43(32)3)40-36-28-20-12-11-19-27(28)35(44(36)4)39-33-25-17-9-7-15-23(25)31(37-29)42(33)2;1-32(27,28)22-11-10-20-17-24-18(21-13-14-6-3-2-4-7-14)26-19(25-17)23-15-8-5-9-16(12-15)33(29,30)31;1-2;;;;;;;1-4(2)3/h5-6,13-14H,7-12,15-20H2,1-4H3;2-7,9,12,22H,10-11,13H2,1H3,(H,29,30,31)(H3,20,21,23,24,25,26);1-2H3;4*1H4;;;/q+2;-1;;;;;;2*+1;/p-1. The minimum absolute atomic E-state index is 0. The zero-order chi connectivity index (χ0) is 59.2. The Bertz CT molecular complexity index is 4060. The van der Waals surface area contributed by atoms with E-state index in [9.17, 15) is 21.4 Å². The molecule has 4 N–H and O–H groups in total. The van der Waals surface area contributed by atoms with Crippen LogP contribution in [0.2, 0.25) is 0 Å². The second kappa shape index (κ2) is 34.0. The largest absolute Gasteiger partial charge is 1.00 e. The van der Waals surface area contributed by atoms with Gasteiger partial charge >= 0.3 is 69.7 Å². The molecule has 0 saturated carbocycles. The van der Waals surface area contributed by atoms with Crippen LogP contribution >= 0.6 is 0 Å². The van der Waals surface area contributed by atoms with E-state index in [2.05, 4.69) is 112 Å². The number of nitrogens with one attached hydrogen (secondary N) is 4. The Hall–Kier alpha value is -5.91. The number of nitrogens with zero attached hydrogens (tertiary/aromatic N) is 11. The summed E-state index contributed by atoms with van der Waals surface area (Å²) in [6.07, 6.45) is 14.5. The van der Waals surface area contributed by atoms with Gasteiger partial charge in [0.15, 0.2) is 0 Å². The van der Waals surface area contributed by atoms with Gasteiger partial charge in [0.25, 0.3) is 23.3 Å². The van der Waals surface area contributed by atoms with Gasteiger partial charge in [0, 0.05) is 67.1 Å². The van der Waals surface area contributed by atoms with Gasteiger partial charge in [0.05, 0.1) is 31.5 Å². The van der Waals surface area contributed by atoms with E-state index in [0.29, 0.717) is 6.54 Å². The molecular weight excluding hydrogens is 1210 g/mol. The van der Waals surface area contributed by atoms with E-state index in [4.69, 9.17) is 32.6 Å². The molecule has 0 amide bonds. The van der Waals surface area contributed by atoms with Crippen molar-refractivity contribution < 1.29 is 102 Å². The molecule has 0 radical (unpaired) electrons. The number of fused-ring (bicyclic) bond motifs is 19. The van der Waals surface area contributed by atoms with Crippen molar-refractivity contribution in [3.63, 3.8) is 0 Å². The molecule has 28 heteroatoms. The molecule has 7 aromatic rings. The summed E-state index contributed by atoms with van der Waals surface area (Å²) >= 11 is 0. The Balaban J connectivity index is 0.000000416. The molecule has 2 aliphatic heterocycles. The molecule has 6 heterocycles. The molecule has 0 spiro atoms. The number of allylic oxidation sites excluding steroid dienone is 2. The number of hydrogen-bond donors (Lipinski definition) is 4. The first kappa shape index (κ1) is 77.3. The summed E-state index contributed by atoms with van der Waals surface area (Å²) in [5.74, 6) is 4.47. The summed E-state index contributed by atoms with van der Waals surface area (Å²) in [6.45, 7) is 4.73. The molecular formula is C61H83N15Na2O8S3+2. The Morgan fingerprint density at radius 1 is 0.562 bits per heavy atom. The van der Waals surface area contributed by atoms with Crippen LogP contribution in [0, 0.1) is 6.07 Å². The van der Waals surface area contributed by atoms with E-state index in [-0.39, 0.29) is 125 Å². The molecule has 468 valence electrons. The first-order valence-electron chi connectivity index (χ1n) is 27.6. The summed E-state index contributed by atoms with van der Waals surface area (Å²) in [4.78, 5) is 34.4. The number of anilines is 4. The van der Waals surface area contributed by atoms with Gasteiger partial charge in [-0.05, 0) is 94.7 Å². The predicted molar refractivity (Wildman–Crippen MR) is 341 cm³/mol. The van der Waals surface area contributed by atoms with Crippen molar-refractivity contribution in [3.05, 3.63) is 118 Å². The van der Waals surface area contributed by atoms with Gasteiger partial charge in [0.1, 0.15) is 10.1 Å². The zero-order valence-electron chi connectivity index (χ0n) is 49.4. The van der Waals surface area contributed by atoms with E-state index in [0.717, 1.165) is 119 Å². The second-order valence-corrected chi connectivity index (χ2v) is 23.9. The molecule has 0 atom stereocenters. The number of aryl methyl sites for hydroxylation is 6. The van der Waals surface area contributed by atoms with Crippen molar-refractivity contribution in [2.75, 3.05) is 35.3 Å². The molecule has 23 nitrogen and oxygen atoms in total. The number of sulfonamides is 1. The maximum absolute atomic E-state index is 11.3. The van der Waals surface area contributed by atoms with Gasteiger partial charge in [-0.15, -0.1) is 18.7 Å². The molecule has 4 aromatic heterocycles. The molecule has 89 heavy (non-hydrogen) atoms. The third kappa shape index (κ3) is 18.0. The Morgan fingerprint density at radius 2 is 0.955 bits per heavy atom. The molecule has 3 aliphatic carbocycles. The quantitative estimate of drug-likeness (QED) is 0.0476. The van der Waals surface area contributed by atoms with Crippen molar-refractivity contribution in [3.8, 4) is 22.8 Å². The molecule has 0 saturated heterocycles. The minimum Gasteiger partial charge on any atom is -0.746 e. The molecule has 3 aromatic carbocycles. The molecule has 12 rings (SSSR count). The second-order valence-electron chi connectivity index (χ2n) is 20.3. The number of aromatic nitrogens is 11. The average Bonchev–Trinajstić information content (AvgIpc) is 2.20. The third-order valence-electron chi connectivity index (χ3n) is 14.8.